The van der Waals surface area contributed by atoms with Crippen LogP contribution in [0.15, 0.2) is 67.0 Å². The summed E-state index contributed by atoms with van der Waals surface area (Å²) in [6.07, 6.45) is 7.35. The van der Waals surface area contributed by atoms with E-state index in [2.05, 4.69) is 26.7 Å². The first kappa shape index (κ1) is 23.2. The molecule has 2 atom stereocenters. The van der Waals surface area contributed by atoms with E-state index < -0.39 is 0 Å². The van der Waals surface area contributed by atoms with Crippen molar-refractivity contribution in [1.82, 2.24) is 15.3 Å². The number of nitrogens with zero attached hydrogens (tertiary/aromatic N) is 2. The molecule has 1 heterocycles. The Labute approximate surface area is 194 Å². The van der Waals surface area contributed by atoms with Crippen LogP contribution >= 0.6 is 24.8 Å². The number of nitrogens with one attached hydrogen (secondary N) is 2. The molecule has 2 aromatic carbocycles. The number of benzene rings is 2. The predicted octanol–water partition coefficient (Wildman–Crippen LogP) is 5.10. The maximum atomic E-state index is 12.7. The van der Waals surface area contributed by atoms with Crippen LogP contribution < -0.4 is 10.6 Å². The summed E-state index contributed by atoms with van der Waals surface area (Å²) >= 11 is 0. The maximum absolute atomic E-state index is 12.7. The molecule has 3 aromatic rings. The number of anilines is 1. The molecule has 162 valence electrons. The van der Waals surface area contributed by atoms with Gasteiger partial charge in [0.25, 0.3) is 5.91 Å². The Bertz CT molecular complexity index is 1010. The molecule has 0 saturated heterocycles. The first-order valence-corrected chi connectivity index (χ1v) is 10.3. The van der Waals surface area contributed by atoms with Gasteiger partial charge in [0.2, 0.25) is 0 Å². The Kier molecular flexibility index (Phi) is 7.65. The summed E-state index contributed by atoms with van der Waals surface area (Å²) in [6.45, 7) is 1.14. The van der Waals surface area contributed by atoms with E-state index in [1.54, 1.807) is 18.5 Å². The van der Waals surface area contributed by atoms with Crippen molar-refractivity contribution in [3.63, 3.8) is 0 Å². The van der Waals surface area contributed by atoms with Crippen molar-refractivity contribution in [2.45, 2.75) is 31.2 Å². The highest BCUT2D eigenvalue weighted by atomic mass is 35.5. The Morgan fingerprint density at radius 3 is 2.42 bits per heavy atom. The molecule has 1 amide bonds. The fraction of sp³-hybridized carbons (Fsp3) is 0.292. The minimum absolute atomic E-state index is 0. The number of amides is 1. The molecule has 5 rings (SSSR count). The zero-order chi connectivity index (χ0) is 19.6. The smallest absolute Gasteiger partial charge is 0.255 e. The van der Waals surface area contributed by atoms with Gasteiger partial charge in [0, 0.05) is 41.2 Å². The molecule has 0 bridgehead atoms. The second-order valence-corrected chi connectivity index (χ2v) is 8.03. The van der Waals surface area contributed by atoms with E-state index in [9.17, 15) is 4.79 Å². The number of carbonyl (C=O) groups is 1. The van der Waals surface area contributed by atoms with Crippen molar-refractivity contribution in [2.24, 2.45) is 5.92 Å². The number of halogens is 2. The molecule has 2 aliphatic rings. The van der Waals surface area contributed by atoms with E-state index in [0.29, 0.717) is 23.3 Å². The van der Waals surface area contributed by atoms with Gasteiger partial charge >= 0.3 is 0 Å². The van der Waals surface area contributed by atoms with Gasteiger partial charge in [-0.05, 0) is 79.8 Å². The molecule has 2 aliphatic carbocycles. The number of rotatable bonds is 7. The fourth-order valence-corrected chi connectivity index (χ4v) is 3.69. The van der Waals surface area contributed by atoms with Gasteiger partial charge in [0.05, 0.1) is 0 Å². The van der Waals surface area contributed by atoms with E-state index in [0.717, 1.165) is 23.7 Å². The van der Waals surface area contributed by atoms with Crippen molar-refractivity contribution in [2.75, 3.05) is 11.9 Å². The van der Waals surface area contributed by atoms with Crippen molar-refractivity contribution in [3.8, 4) is 11.4 Å². The van der Waals surface area contributed by atoms with E-state index in [1.165, 1.54) is 24.8 Å². The minimum atomic E-state index is -0.0845. The zero-order valence-corrected chi connectivity index (χ0v) is 18.7. The van der Waals surface area contributed by atoms with Crippen LogP contribution in [0, 0.1) is 5.92 Å². The van der Waals surface area contributed by atoms with Crippen LogP contribution in [-0.4, -0.2) is 28.5 Å². The molecular formula is C24H26Cl2N4O. The van der Waals surface area contributed by atoms with Crippen LogP contribution in [0.3, 0.4) is 0 Å². The van der Waals surface area contributed by atoms with Gasteiger partial charge in [-0.2, -0.15) is 0 Å². The summed E-state index contributed by atoms with van der Waals surface area (Å²) in [5.41, 5.74) is 3.63. The summed E-state index contributed by atoms with van der Waals surface area (Å²) in [6, 6.07) is 18.0. The van der Waals surface area contributed by atoms with E-state index in [-0.39, 0.29) is 30.7 Å². The zero-order valence-electron chi connectivity index (χ0n) is 17.0. The van der Waals surface area contributed by atoms with Crippen molar-refractivity contribution in [3.05, 3.63) is 78.1 Å². The highest BCUT2D eigenvalue weighted by Gasteiger charge is 2.39. The third kappa shape index (κ3) is 5.82. The van der Waals surface area contributed by atoms with Crippen LogP contribution in [0.4, 0.5) is 5.69 Å². The van der Waals surface area contributed by atoms with Gasteiger partial charge in [0.1, 0.15) is 0 Å². The minimum Gasteiger partial charge on any atom is -0.322 e. The average Bonchev–Trinajstić information content (AvgIpc) is 3.69. The molecule has 31 heavy (non-hydrogen) atoms. The molecule has 5 nitrogen and oxygen atoms in total. The van der Waals surface area contributed by atoms with E-state index in [4.69, 9.17) is 0 Å². The Balaban J connectivity index is 0.00000136. The molecule has 2 fully saturated rings. The molecule has 1 aromatic heterocycles. The highest BCUT2D eigenvalue weighted by Crippen LogP contribution is 2.41. The lowest BCUT2D eigenvalue weighted by atomic mass is 10.1. The topological polar surface area (TPSA) is 66.9 Å². The lowest BCUT2D eigenvalue weighted by Crippen LogP contribution is -2.20. The van der Waals surface area contributed by atoms with Gasteiger partial charge in [-0.25, -0.2) is 9.97 Å². The van der Waals surface area contributed by atoms with Gasteiger partial charge in [0.15, 0.2) is 5.82 Å². The third-order valence-corrected chi connectivity index (χ3v) is 5.70. The molecule has 2 N–H and O–H groups in total. The first-order chi connectivity index (χ1) is 14.3. The van der Waals surface area contributed by atoms with Gasteiger partial charge in [-0.15, -0.1) is 24.8 Å². The quantitative estimate of drug-likeness (QED) is 0.519. The van der Waals surface area contributed by atoms with Crippen LogP contribution in [0.25, 0.3) is 11.4 Å². The first-order valence-electron chi connectivity index (χ1n) is 10.3. The highest BCUT2D eigenvalue weighted by molar-refractivity contribution is 6.04. The maximum Gasteiger partial charge on any atom is 0.255 e. The molecule has 0 radical (unpaired) electrons. The van der Waals surface area contributed by atoms with Gasteiger partial charge in [-0.1, -0.05) is 12.1 Å². The van der Waals surface area contributed by atoms with Crippen molar-refractivity contribution < 1.29 is 4.79 Å². The lowest BCUT2D eigenvalue weighted by molar-refractivity contribution is 0.102. The molecular weight excluding hydrogens is 431 g/mol. The molecule has 0 spiro atoms. The molecule has 2 unspecified atom stereocenters. The number of carbonyl (C=O) groups excluding carboxylic acids is 1. The van der Waals surface area contributed by atoms with E-state index >= 15 is 0 Å². The van der Waals surface area contributed by atoms with Crippen LogP contribution in [-0.2, 0) is 0 Å². The van der Waals surface area contributed by atoms with Gasteiger partial charge in [-0.3, -0.25) is 4.79 Å². The standard InChI is InChI=1S/C24H24N4O.2ClH/c29-24(28-20-9-7-17(8-10-20)23-25-11-2-12-26-23)19-4-1-3-18(13-19)21-14-22(21)27-15-16-5-6-16;;/h1-4,7-13,16,21-22,27H,5-6,14-15H2,(H,28,29);2*1H. The molecule has 0 aliphatic heterocycles. The fourth-order valence-electron chi connectivity index (χ4n) is 3.69. The lowest BCUT2D eigenvalue weighted by Gasteiger charge is -2.08. The van der Waals surface area contributed by atoms with Crippen LogP contribution in [0.2, 0.25) is 0 Å². The molecule has 2 saturated carbocycles. The molecule has 7 heteroatoms. The number of hydrogen-bond donors (Lipinski definition) is 2. The number of aromatic nitrogens is 2. The summed E-state index contributed by atoms with van der Waals surface area (Å²) < 4.78 is 0. The summed E-state index contributed by atoms with van der Waals surface area (Å²) in [7, 11) is 0. The third-order valence-electron chi connectivity index (χ3n) is 5.70. The Morgan fingerprint density at radius 2 is 1.71 bits per heavy atom. The van der Waals surface area contributed by atoms with Crippen LogP contribution in [0.1, 0.15) is 41.1 Å². The number of hydrogen-bond acceptors (Lipinski definition) is 4. The second kappa shape index (κ2) is 10.2. The van der Waals surface area contributed by atoms with Crippen LogP contribution in [0.5, 0.6) is 0 Å². The van der Waals surface area contributed by atoms with E-state index in [1.807, 2.05) is 42.5 Å². The summed E-state index contributed by atoms with van der Waals surface area (Å²) in [5, 5.41) is 6.65. The van der Waals surface area contributed by atoms with Crippen molar-refractivity contribution in [1.29, 1.82) is 0 Å². The monoisotopic (exact) mass is 456 g/mol. The SMILES string of the molecule is Cl.Cl.O=C(Nc1ccc(-c2ncccn2)cc1)c1cccc(C2CC2NCC2CC2)c1. The summed E-state index contributed by atoms with van der Waals surface area (Å²) in [5.74, 6) is 2.02. The average molecular weight is 457 g/mol. The normalized spacial score (nSPS) is 19.0. The summed E-state index contributed by atoms with van der Waals surface area (Å²) in [4.78, 5) is 21.2. The second-order valence-electron chi connectivity index (χ2n) is 8.03. The predicted molar refractivity (Wildman–Crippen MR) is 128 cm³/mol. The Morgan fingerprint density at radius 1 is 0.968 bits per heavy atom. The Hall–Kier alpha value is -2.47. The largest absolute Gasteiger partial charge is 0.322 e. The van der Waals surface area contributed by atoms with Crippen molar-refractivity contribution >= 4 is 36.4 Å². The van der Waals surface area contributed by atoms with Gasteiger partial charge < -0.3 is 10.6 Å².